The summed E-state index contributed by atoms with van der Waals surface area (Å²) in [6, 6.07) is 0. The lowest BCUT2D eigenvalue weighted by atomic mass is 10.2. The predicted octanol–water partition coefficient (Wildman–Crippen LogP) is 1.54. The van der Waals surface area contributed by atoms with Crippen LogP contribution in [0.15, 0.2) is 0 Å². The van der Waals surface area contributed by atoms with E-state index in [4.69, 9.17) is 16.7 Å². The Balaban J connectivity index is 2.83. The maximum atomic E-state index is 9.09. The average Bonchev–Trinajstić information content (AvgIpc) is 2.13. The van der Waals surface area contributed by atoms with Gasteiger partial charge in [-0.2, -0.15) is 0 Å². The predicted molar refractivity (Wildman–Crippen MR) is 56.7 cm³/mol. The smallest absolute Gasteiger partial charge is 0.155 e. The summed E-state index contributed by atoms with van der Waals surface area (Å²) in [4.78, 5) is 0. The summed E-state index contributed by atoms with van der Waals surface area (Å²) < 4.78 is 0. The van der Waals surface area contributed by atoms with Crippen molar-refractivity contribution in [2.75, 3.05) is 11.9 Å². The Bertz CT molecular complexity index is 328. The van der Waals surface area contributed by atoms with Crippen molar-refractivity contribution < 1.29 is 5.11 Å². The van der Waals surface area contributed by atoms with E-state index in [9.17, 15) is 0 Å². The van der Waals surface area contributed by atoms with Gasteiger partial charge < -0.3 is 10.4 Å². The molecule has 1 aromatic heterocycles. The second-order valence-electron chi connectivity index (χ2n) is 3.32. The van der Waals surface area contributed by atoms with Crippen LogP contribution in [0.5, 0.6) is 0 Å². The number of anilines is 1. The second kappa shape index (κ2) is 4.57. The summed E-state index contributed by atoms with van der Waals surface area (Å²) in [5, 5.41) is 20.2. The number of hydrogen-bond acceptors (Lipinski definition) is 4. The molecule has 0 amide bonds. The molecule has 0 radical (unpaired) electrons. The highest BCUT2D eigenvalue weighted by atomic mass is 35.5. The molecule has 1 atom stereocenters. The Morgan fingerprint density at radius 2 is 2.00 bits per heavy atom. The Morgan fingerprint density at radius 1 is 1.36 bits per heavy atom. The van der Waals surface area contributed by atoms with E-state index in [0.29, 0.717) is 17.5 Å². The number of halogens is 1. The lowest BCUT2D eigenvalue weighted by Crippen LogP contribution is -2.17. The lowest BCUT2D eigenvalue weighted by molar-refractivity contribution is 0.208. The lowest BCUT2D eigenvalue weighted by Gasteiger charge is -2.11. The molecule has 0 fully saturated rings. The van der Waals surface area contributed by atoms with Crippen molar-refractivity contribution in [3.63, 3.8) is 0 Å². The highest BCUT2D eigenvalue weighted by molar-refractivity contribution is 6.30. The van der Waals surface area contributed by atoms with Gasteiger partial charge in [-0.15, -0.1) is 10.2 Å². The third-order valence-electron chi connectivity index (χ3n) is 2.03. The summed E-state index contributed by atoms with van der Waals surface area (Å²) in [5.74, 6) is 0.674. The number of aromatic nitrogens is 2. The van der Waals surface area contributed by atoms with Crippen LogP contribution in [0.4, 0.5) is 5.82 Å². The Labute approximate surface area is 88.3 Å². The molecular weight excluding hydrogens is 202 g/mol. The fourth-order valence-electron chi connectivity index (χ4n) is 0.989. The van der Waals surface area contributed by atoms with E-state index < -0.39 is 6.10 Å². The first-order valence-electron chi connectivity index (χ1n) is 4.43. The fourth-order valence-corrected chi connectivity index (χ4v) is 1.17. The van der Waals surface area contributed by atoms with Gasteiger partial charge in [-0.25, -0.2) is 0 Å². The molecule has 0 aliphatic heterocycles. The number of nitrogens with one attached hydrogen (secondary N) is 1. The van der Waals surface area contributed by atoms with Crippen LogP contribution in [0.2, 0.25) is 5.15 Å². The molecule has 0 bridgehead atoms. The zero-order chi connectivity index (χ0) is 10.7. The maximum Gasteiger partial charge on any atom is 0.155 e. The minimum absolute atomic E-state index is 0.410. The minimum atomic E-state index is -0.410. The van der Waals surface area contributed by atoms with Gasteiger partial charge in [0.25, 0.3) is 0 Å². The number of nitrogens with zero attached hydrogens (tertiary/aromatic N) is 2. The molecule has 1 heterocycles. The molecule has 0 spiro atoms. The average molecular weight is 216 g/mol. The fraction of sp³-hybridized carbons (Fsp3) is 0.556. The van der Waals surface area contributed by atoms with Crippen molar-refractivity contribution in [1.82, 2.24) is 10.2 Å². The van der Waals surface area contributed by atoms with Crippen molar-refractivity contribution in [2.45, 2.75) is 26.9 Å². The Kier molecular flexibility index (Phi) is 3.66. The minimum Gasteiger partial charge on any atom is -0.392 e. The molecule has 2 N–H and O–H groups in total. The van der Waals surface area contributed by atoms with Gasteiger partial charge in [-0.3, -0.25) is 0 Å². The monoisotopic (exact) mass is 215 g/mol. The molecule has 0 aliphatic rings. The van der Waals surface area contributed by atoms with E-state index in [1.54, 1.807) is 6.92 Å². The van der Waals surface area contributed by atoms with E-state index in [1.165, 1.54) is 0 Å². The standard InChI is InChI=1S/C9H14ClN3O/c1-5(14)4-11-9-7(3)6(2)8(10)12-13-9/h5,14H,4H2,1-3H3,(H,11,13)/t5-/m1/s1. The number of rotatable bonds is 3. The van der Waals surface area contributed by atoms with Gasteiger partial charge >= 0.3 is 0 Å². The topological polar surface area (TPSA) is 58.0 Å². The third kappa shape index (κ3) is 2.56. The van der Waals surface area contributed by atoms with Crippen molar-refractivity contribution >= 4 is 17.4 Å². The summed E-state index contributed by atoms with van der Waals surface area (Å²) >= 11 is 5.80. The van der Waals surface area contributed by atoms with Gasteiger partial charge in [-0.05, 0) is 31.9 Å². The molecule has 5 heteroatoms. The van der Waals surface area contributed by atoms with E-state index in [-0.39, 0.29) is 0 Å². The zero-order valence-electron chi connectivity index (χ0n) is 8.50. The second-order valence-corrected chi connectivity index (χ2v) is 3.68. The summed E-state index contributed by atoms with van der Waals surface area (Å²) in [5.41, 5.74) is 1.88. The summed E-state index contributed by atoms with van der Waals surface area (Å²) in [6.45, 7) is 5.97. The van der Waals surface area contributed by atoms with Crippen molar-refractivity contribution in [3.8, 4) is 0 Å². The van der Waals surface area contributed by atoms with E-state index in [1.807, 2.05) is 13.8 Å². The highest BCUT2D eigenvalue weighted by Gasteiger charge is 2.07. The first-order valence-corrected chi connectivity index (χ1v) is 4.81. The van der Waals surface area contributed by atoms with Gasteiger partial charge in [0.2, 0.25) is 0 Å². The van der Waals surface area contributed by atoms with E-state index in [2.05, 4.69) is 15.5 Å². The van der Waals surface area contributed by atoms with Gasteiger partial charge in [0.1, 0.15) is 0 Å². The molecule has 1 rings (SSSR count). The van der Waals surface area contributed by atoms with Crippen LogP contribution < -0.4 is 5.32 Å². The molecule has 1 aromatic rings. The first kappa shape index (κ1) is 11.2. The van der Waals surface area contributed by atoms with E-state index >= 15 is 0 Å². The van der Waals surface area contributed by atoms with Gasteiger partial charge in [-0.1, -0.05) is 11.6 Å². The largest absolute Gasteiger partial charge is 0.392 e. The molecule has 78 valence electrons. The first-order chi connectivity index (χ1) is 6.52. The van der Waals surface area contributed by atoms with Crippen LogP contribution in [0.1, 0.15) is 18.1 Å². The van der Waals surface area contributed by atoms with Crippen molar-refractivity contribution in [3.05, 3.63) is 16.3 Å². The highest BCUT2D eigenvalue weighted by Crippen LogP contribution is 2.20. The molecule has 14 heavy (non-hydrogen) atoms. The molecular formula is C9H14ClN3O. The van der Waals surface area contributed by atoms with Crippen LogP contribution in [0.3, 0.4) is 0 Å². The molecule has 0 unspecified atom stereocenters. The van der Waals surface area contributed by atoms with Crippen LogP contribution >= 0.6 is 11.6 Å². The van der Waals surface area contributed by atoms with Gasteiger partial charge in [0, 0.05) is 6.54 Å². The van der Waals surface area contributed by atoms with Crippen molar-refractivity contribution in [2.24, 2.45) is 0 Å². The SMILES string of the molecule is Cc1c(Cl)nnc(NC[C@@H](C)O)c1C. The number of hydrogen-bond donors (Lipinski definition) is 2. The van der Waals surface area contributed by atoms with Crippen LogP contribution in [-0.2, 0) is 0 Å². The summed E-state index contributed by atoms with van der Waals surface area (Å²) in [7, 11) is 0. The van der Waals surface area contributed by atoms with Gasteiger partial charge in [0.05, 0.1) is 6.10 Å². The number of aliphatic hydroxyl groups is 1. The Hall–Kier alpha value is -0.870. The molecule has 4 nitrogen and oxygen atoms in total. The van der Waals surface area contributed by atoms with Crippen LogP contribution in [-0.4, -0.2) is 28.0 Å². The van der Waals surface area contributed by atoms with Gasteiger partial charge in [0.15, 0.2) is 11.0 Å². The van der Waals surface area contributed by atoms with Crippen LogP contribution in [0.25, 0.3) is 0 Å². The normalized spacial score (nSPS) is 12.6. The number of aliphatic hydroxyl groups excluding tert-OH is 1. The molecule has 0 aliphatic carbocycles. The molecule has 0 saturated heterocycles. The zero-order valence-corrected chi connectivity index (χ0v) is 9.26. The third-order valence-corrected chi connectivity index (χ3v) is 2.39. The van der Waals surface area contributed by atoms with E-state index in [0.717, 1.165) is 11.1 Å². The maximum absolute atomic E-state index is 9.09. The molecule has 0 saturated carbocycles. The Morgan fingerprint density at radius 3 is 2.57 bits per heavy atom. The van der Waals surface area contributed by atoms with Crippen LogP contribution in [0, 0.1) is 13.8 Å². The van der Waals surface area contributed by atoms with Crippen molar-refractivity contribution in [1.29, 1.82) is 0 Å². The quantitative estimate of drug-likeness (QED) is 0.803. The molecule has 0 aromatic carbocycles. The summed E-state index contributed by atoms with van der Waals surface area (Å²) in [6.07, 6.45) is -0.410.